The van der Waals surface area contributed by atoms with Crippen LogP contribution in [0.2, 0.25) is 0 Å². The Labute approximate surface area is 292 Å². The Morgan fingerprint density at radius 1 is 0.220 bits per heavy atom. The molecule has 9 aromatic rings. The molecular formula is C50H32. The van der Waals surface area contributed by atoms with Crippen molar-refractivity contribution in [2.24, 2.45) is 0 Å². The lowest BCUT2D eigenvalue weighted by Gasteiger charge is -2.21. The Hall–Kier alpha value is -6.50. The van der Waals surface area contributed by atoms with Crippen molar-refractivity contribution in [3.63, 3.8) is 0 Å². The molecule has 1 aliphatic rings. The van der Waals surface area contributed by atoms with Gasteiger partial charge in [-0.25, -0.2) is 0 Å². The van der Waals surface area contributed by atoms with E-state index in [1.807, 2.05) is 0 Å². The highest BCUT2D eigenvalue weighted by atomic mass is 14.3. The largest absolute Gasteiger partial charge is 0.0622 e. The average molecular weight is 633 g/mol. The summed E-state index contributed by atoms with van der Waals surface area (Å²) >= 11 is 0. The molecule has 0 heterocycles. The van der Waals surface area contributed by atoms with E-state index in [1.54, 1.807) is 0 Å². The maximum atomic E-state index is 2.48. The molecule has 0 heteroatoms. The predicted molar refractivity (Wildman–Crippen MR) is 213 cm³/mol. The van der Waals surface area contributed by atoms with Crippen LogP contribution in [0.1, 0.15) is 0 Å². The minimum atomic E-state index is 1.21. The van der Waals surface area contributed by atoms with E-state index in [2.05, 4.69) is 194 Å². The Kier molecular flexibility index (Phi) is 6.60. The lowest BCUT2D eigenvalue weighted by molar-refractivity contribution is 1.56. The Morgan fingerprint density at radius 3 is 1.48 bits per heavy atom. The van der Waals surface area contributed by atoms with Crippen molar-refractivity contribution < 1.29 is 0 Å². The number of benzene rings is 9. The minimum absolute atomic E-state index is 1.21. The van der Waals surface area contributed by atoms with Gasteiger partial charge >= 0.3 is 0 Å². The normalized spacial score (nSPS) is 11.6. The van der Waals surface area contributed by atoms with Gasteiger partial charge < -0.3 is 0 Å². The summed E-state index contributed by atoms with van der Waals surface area (Å²) in [6, 6.07) is 71.2. The standard InChI is InChI=1S/C50H32/c1-4-14-33(15-5-1)34-26-28-37(29-27-34)45-32-46(41-23-12-21-36-18-10-11-22-39(36)41)49-44-31-30-40(35-16-6-2-7-17-35)42-24-13-25-43(48(42)44)50(49)47(45)38-19-8-3-9-20-38/h1-32H. The first-order chi connectivity index (χ1) is 24.8. The van der Waals surface area contributed by atoms with Crippen molar-refractivity contribution in [2.75, 3.05) is 0 Å². The summed E-state index contributed by atoms with van der Waals surface area (Å²) in [6.45, 7) is 0. The fraction of sp³-hybridized carbons (Fsp3) is 0. The molecule has 0 saturated heterocycles. The first kappa shape index (κ1) is 28.5. The van der Waals surface area contributed by atoms with Gasteiger partial charge in [0.05, 0.1) is 0 Å². The van der Waals surface area contributed by atoms with Crippen molar-refractivity contribution in [3.8, 4) is 77.9 Å². The van der Waals surface area contributed by atoms with Crippen molar-refractivity contribution in [2.45, 2.75) is 0 Å². The third-order valence-corrected chi connectivity index (χ3v) is 10.4. The van der Waals surface area contributed by atoms with Crippen molar-refractivity contribution in [1.82, 2.24) is 0 Å². The maximum absolute atomic E-state index is 2.48. The minimum Gasteiger partial charge on any atom is -0.0622 e. The molecule has 9 aromatic carbocycles. The topological polar surface area (TPSA) is 0 Å². The molecule has 50 heavy (non-hydrogen) atoms. The van der Waals surface area contributed by atoms with Gasteiger partial charge in [0, 0.05) is 0 Å². The van der Waals surface area contributed by atoms with Gasteiger partial charge in [-0.1, -0.05) is 188 Å². The number of hydrogen-bond donors (Lipinski definition) is 0. The zero-order valence-corrected chi connectivity index (χ0v) is 27.5. The van der Waals surface area contributed by atoms with Crippen LogP contribution in [0, 0.1) is 0 Å². The molecule has 0 spiro atoms. The summed E-state index contributed by atoms with van der Waals surface area (Å²) in [7, 11) is 0. The molecule has 0 radical (unpaired) electrons. The van der Waals surface area contributed by atoms with Crippen molar-refractivity contribution in [1.29, 1.82) is 0 Å². The fourth-order valence-corrected chi connectivity index (χ4v) is 8.20. The van der Waals surface area contributed by atoms with Crippen LogP contribution in [0.5, 0.6) is 0 Å². The third-order valence-electron chi connectivity index (χ3n) is 10.4. The summed E-state index contributed by atoms with van der Waals surface area (Å²) in [5, 5.41) is 5.14. The summed E-state index contributed by atoms with van der Waals surface area (Å²) < 4.78 is 0. The SMILES string of the molecule is c1ccc(-c2ccc(-c3cc(-c4cccc5ccccc45)c4c(c3-c3ccccc3)-c3cccc5c(-c6ccccc6)ccc-4c35)cc2)cc1. The lowest BCUT2D eigenvalue weighted by atomic mass is 9.81. The van der Waals surface area contributed by atoms with Gasteiger partial charge in [0.1, 0.15) is 0 Å². The van der Waals surface area contributed by atoms with Crippen molar-refractivity contribution >= 4 is 21.5 Å². The first-order valence-electron chi connectivity index (χ1n) is 17.4. The van der Waals surface area contributed by atoms with E-state index >= 15 is 0 Å². The van der Waals surface area contributed by atoms with Gasteiger partial charge in [-0.15, -0.1) is 0 Å². The van der Waals surface area contributed by atoms with Crippen LogP contribution in [0.25, 0.3) is 99.4 Å². The van der Waals surface area contributed by atoms with E-state index in [0.29, 0.717) is 0 Å². The molecule has 0 aromatic heterocycles. The summed E-state index contributed by atoms with van der Waals surface area (Å²) in [5.41, 5.74) is 17.7. The second-order valence-corrected chi connectivity index (χ2v) is 13.2. The summed E-state index contributed by atoms with van der Waals surface area (Å²) in [5.74, 6) is 0. The fourth-order valence-electron chi connectivity index (χ4n) is 8.20. The zero-order chi connectivity index (χ0) is 33.0. The highest BCUT2D eigenvalue weighted by Crippen LogP contribution is 2.58. The van der Waals surface area contributed by atoms with Gasteiger partial charge in [-0.05, 0) is 105 Å². The Balaban J connectivity index is 1.33. The molecule has 1 aliphatic carbocycles. The Bertz CT molecular complexity index is 2700. The van der Waals surface area contributed by atoms with E-state index in [1.165, 1.54) is 99.4 Å². The van der Waals surface area contributed by atoms with E-state index in [9.17, 15) is 0 Å². The molecule has 0 N–H and O–H groups in total. The average Bonchev–Trinajstić information content (AvgIpc) is 3.54. The van der Waals surface area contributed by atoms with E-state index in [-0.39, 0.29) is 0 Å². The second kappa shape index (κ2) is 11.6. The highest BCUT2D eigenvalue weighted by Gasteiger charge is 2.31. The molecule has 0 bridgehead atoms. The zero-order valence-electron chi connectivity index (χ0n) is 27.5. The van der Waals surface area contributed by atoms with Gasteiger partial charge in [0.25, 0.3) is 0 Å². The third kappa shape index (κ3) is 4.46. The molecule has 0 unspecified atom stereocenters. The molecule has 232 valence electrons. The van der Waals surface area contributed by atoms with Crippen LogP contribution in [0.15, 0.2) is 194 Å². The van der Waals surface area contributed by atoms with Crippen LogP contribution < -0.4 is 0 Å². The molecule has 0 nitrogen and oxygen atoms in total. The van der Waals surface area contributed by atoms with Gasteiger partial charge in [0.15, 0.2) is 0 Å². The number of fused-ring (bicyclic) bond motifs is 4. The Morgan fingerprint density at radius 2 is 0.720 bits per heavy atom. The number of hydrogen-bond acceptors (Lipinski definition) is 0. The molecule has 0 saturated carbocycles. The second-order valence-electron chi connectivity index (χ2n) is 13.2. The van der Waals surface area contributed by atoms with Crippen molar-refractivity contribution in [3.05, 3.63) is 194 Å². The van der Waals surface area contributed by atoms with E-state index in [0.717, 1.165) is 0 Å². The summed E-state index contributed by atoms with van der Waals surface area (Å²) in [4.78, 5) is 0. The van der Waals surface area contributed by atoms with Crippen LogP contribution >= 0.6 is 0 Å². The quantitative estimate of drug-likeness (QED) is 0.177. The molecular weight excluding hydrogens is 601 g/mol. The van der Waals surface area contributed by atoms with Crippen LogP contribution in [0.4, 0.5) is 0 Å². The van der Waals surface area contributed by atoms with Crippen LogP contribution in [-0.2, 0) is 0 Å². The highest BCUT2D eigenvalue weighted by molar-refractivity contribution is 6.25. The van der Waals surface area contributed by atoms with Crippen LogP contribution in [0.3, 0.4) is 0 Å². The van der Waals surface area contributed by atoms with E-state index in [4.69, 9.17) is 0 Å². The summed E-state index contributed by atoms with van der Waals surface area (Å²) in [6.07, 6.45) is 0. The smallest absolute Gasteiger partial charge is 0.000763 e. The van der Waals surface area contributed by atoms with E-state index < -0.39 is 0 Å². The lowest BCUT2D eigenvalue weighted by Crippen LogP contribution is -1.95. The molecule has 0 fully saturated rings. The molecule has 10 rings (SSSR count). The van der Waals surface area contributed by atoms with Crippen LogP contribution in [-0.4, -0.2) is 0 Å². The maximum Gasteiger partial charge on any atom is -0.000763 e. The molecule has 0 amide bonds. The first-order valence-corrected chi connectivity index (χ1v) is 17.4. The predicted octanol–water partition coefficient (Wildman–Crippen LogP) is 14.0. The molecule has 0 atom stereocenters. The number of rotatable bonds is 5. The molecule has 0 aliphatic heterocycles. The monoisotopic (exact) mass is 632 g/mol. The van der Waals surface area contributed by atoms with Gasteiger partial charge in [0.2, 0.25) is 0 Å². The van der Waals surface area contributed by atoms with Gasteiger partial charge in [-0.2, -0.15) is 0 Å². The van der Waals surface area contributed by atoms with Gasteiger partial charge in [-0.3, -0.25) is 0 Å².